The summed E-state index contributed by atoms with van der Waals surface area (Å²) in [6.45, 7) is 8.87. The average molecular weight is 393 g/mol. The molecule has 1 aromatic heterocycles. The van der Waals surface area contributed by atoms with E-state index in [9.17, 15) is 0 Å². The van der Waals surface area contributed by atoms with E-state index in [4.69, 9.17) is 4.99 Å². The van der Waals surface area contributed by atoms with Crippen molar-refractivity contribution in [2.45, 2.75) is 52.6 Å². The molecule has 6 heteroatoms. The van der Waals surface area contributed by atoms with E-state index in [2.05, 4.69) is 88.6 Å². The van der Waals surface area contributed by atoms with Gasteiger partial charge < -0.3 is 15.2 Å². The monoisotopic (exact) mass is 392 g/mol. The number of hydrogen-bond donors (Lipinski definition) is 2. The maximum absolute atomic E-state index is 4.76. The third-order valence-electron chi connectivity index (χ3n) is 5.07. The molecule has 6 nitrogen and oxygen atoms in total. The van der Waals surface area contributed by atoms with Gasteiger partial charge in [0.05, 0.1) is 6.04 Å². The van der Waals surface area contributed by atoms with Crippen LogP contribution in [0.3, 0.4) is 0 Å². The lowest BCUT2D eigenvalue weighted by atomic mass is 10.0. The predicted octanol–water partition coefficient (Wildman–Crippen LogP) is 4.09. The summed E-state index contributed by atoms with van der Waals surface area (Å²) in [6, 6.07) is 15.2. The van der Waals surface area contributed by atoms with Crippen LogP contribution in [0.4, 0.5) is 0 Å². The molecule has 29 heavy (non-hydrogen) atoms. The van der Waals surface area contributed by atoms with Gasteiger partial charge in [-0.3, -0.25) is 4.99 Å². The van der Waals surface area contributed by atoms with E-state index in [0.29, 0.717) is 0 Å². The Morgan fingerprint density at radius 3 is 2.76 bits per heavy atom. The van der Waals surface area contributed by atoms with Gasteiger partial charge in [0.25, 0.3) is 0 Å². The van der Waals surface area contributed by atoms with Crippen molar-refractivity contribution in [1.29, 1.82) is 0 Å². The predicted molar refractivity (Wildman–Crippen MR) is 120 cm³/mol. The Morgan fingerprint density at radius 1 is 1.14 bits per heavy atom. The molecule has 0 fully saturated rings. The average Bonchev–Trinajstić information content (AvgIpc) is 3.21. The molecule has 1 unspecified atom stereocenters. The van der Waals surface area contributed by atoms with E-state index in [1.807, 2.05) is 0 Å². The number of fused-ring (bicyclic) bond motifs is 1. The van der Waals surface area contributed by atoms with Gasteiger partial charge in [0, 0.05) is 26.1 Å². The molecule has 0 aliphatic carbocycles. The zero-order valence-corrected chi connectivity index (χ0v) is 17.7. The van der Waals surface area contributed by atoms with Crippen molar-refractivity contribution in [2.24, 2.45) is 4.99 Å². The molecule has 2 N–H and O–H groups in total. The molecule has 3 rings (SSSR count). The number of aliphatic imine (C=N–C) groups is 1. The van der Waals surface area contributed by atoms with Gasteiger partial charge in [0.2, 0.25) is 0 Å². The van der Waals surface area contributed by atoms with Crippen LogP contribution in [0, 0.1) is 0 Å². The first-order valence-corrected chi connectivity index (χ1v) is 10.6. The van der Waals surface area contributed by atoms with Gasteiger partial charge in [0.15, 0.2) is 5.96 Å². The van der Waals surface area contributed by atoms with Gasteiger partial charge in [-0.05, 0) is 35.7 Å². The SMILES string of the molecule is CCCCN=C(NCCn1cnnc1CC)NC(C)c1ccc2ccccc2c1. The van der Waals surface area contributed by atoms with Crippen molar-refractivity contribution in [2.75, 3.05) is 13.1 Å². The van der Waals surface area contributed by atoms with Crippen molar-refractivity contribution in [1.82, 2.24) is 25.4 Å². The Hall–Kier alpha value is -2.89. The van der Waals surface area contributed by atoms with Crippen LogP contribution in [0.1, 0.15) is 51.0 Å². The van der Waals surface area contributed by atoms with Crippen LogP contribution < -0.4 is 10.6 Å². The summed E-state index contributed by atoms with van der Waals surface area (Å²) in [5.41, 5.74) is 1.25. The van der Waals surface area contributed by atoms with Gasteiger partial charge in [0.1, 0.15) is 12.2 Å². The van der Waals surface area contributed by atoms with Crippen LogP contribution in [0.15, 0.2) is 53.8 Å². The van der Waals surface area contributed by atoms with Crippen molar-refractivity contribution >= 4 is 16.7 Å². The second-order valence-electron chi connectivity index (χ2n) is 7.28. The van der Waals surface area contributed by atoms with Crippen LogP contribution in [0.25, 0.3) is 10.8 Å². The van der Waals surface area contributed by atoms with Gasteiger partial charge in [-0.2, -0.15) is 0 Å². The first-order chi connectivity index (χ1) is 14.2. The Balaban J connectivity index is 1.64. The molecular weight excluding hydrogens is 360 g/mol. The molecule has 0 amide bonds. The fourth-order valence-electron chi connectivity index (χ4n) is 3.30. The second kappa shape index (κ2) is 10.6. The van der Waals surface area contributed by atoms with E-state index >= 15 is 0 Å². The van der Waals surface area contributed by atoms with Crippen molar-refractivity contribution in [3.8, 4) is 0 Å². The summed E-state index contributed by atoms with van der Waals surface area (Å²) in [4.78, 5) is 4.76. The Labute approximate surface area is 173 Å². The van der Waals surface area contributed by atoms with Crippen molar-refractivity contribution < 1.29 is 0 Å². The third kappa shape index (κ3) is 5.79. The highest BCUT2D eigenvalue weighted by molar-refractivity contribution is 5.84. The van der Waals surface area contributed by atoms with E-state index < -0.39 is 0 Å². The third-order valence-corrected chi connectivity index (χ3v) is 5.07. The lowest BCUT2D eigenvalue weighted by Gasteiger charge is -2.19. The summed E-state index contributed by atoms with van der Waals surface area (Å²) >= 11 is 0. The lowest BCUT2D eigenvalue weighted by Crippen LogP contribution is -2.40. The molecule has 0 spiro atoms. The van der Waals surface area contributed by atoms with E-state index in [0.717, 1.165) is 50.7 Å². The first-order valence-electron chi connectivity index (χ1n) is 10.6. The second-order valence-corrected chi connectivity index (χ2v) is 7.28. The molecule has 3 aromatic rings. The quantitative estimate of drug-likeness (QED) is 0.327. The molecule has 0 bridgehead atoms. The van der Waals surface area contributed by atoms with Crippen molar-refractivity contribution in [3.63, 3.8) is 0 Å². The lowest BCUT2D eigenvalue weighted by molar-refractivity contribution is 0.618. The number of aromatic nitrogens is 3. The highest BCUT2D eigenvalue weighted by Crippen LogP contribution is 2.20. The molecule has 0 aliphatic rings. The Bertz CT molecular complexity index is 930. The number of guanidine groups is 1. The number of hydrogen-bond acceptors (Lipinski definition) is 3. The molecule has 1 heterocycles. The molecular formula is C23H32N6. The van der Waals surface area contributed by atoms with Crippen molar-refractivity contribution in [3.05, 3.63) is 60.2 Å². The summed E-state index contributed by atoms with van der Waals surface area (Å²) in [7, 11) is 0. The molecule has 154 valence electrons. The van der Waals surface area contributed by atoms with E-state index in [-0.39, 0.29) is 6.04 Å². The number of nitrogens with zero attached hydrogens (tertiary/aromatic N) is 4. The minimum absolute atomic E-state index is 0.161. The number of rotatable bonds is 9. The highest BCUT2D eigenvalue weighted by Gasteiger charge is 2.09. The Kier molecular flexibility index (Phi) is 7.61. The zero-order chi connectivity index (χ0) is 20.5. The smallest absolute Gasteiger partial charge is 0.191 e. The fraction of sp³-hybridized carbons (Fsp3) is 0.435. The van der Waals surface area contributed by atoms with Crippen LogP contribution in [-0.4, -0.2) is 33.8 Å². The van der Waals surface area contributed by atoms with Crippen LogP contribution in [-0.2, 0) is 13.0 Å². The van der Waals surface area contributed by atoms with Crippen LogP contribution in [0.5, 0.6) is 0 Å². The fourth-order valence-corrected chi connectivity index (χ4v) is 3.30. The molecule has 0 aliphatic heterocycles. The summed E-state index contributed by atoms with van der Waals surface area (Å²) in [5.74, 6) is 1.86. The normalized spacial score (nSPS) is 12.9. The topological polar surface area (TPSA) is 67.1 Å². The summed E-state index contributed by atoms with van der Waals surface area (Å²) < 4.78 is 2.09. The Morgan fingerprint density at radius 2 is 1.97 bits per heavy atom. The maximum atomic E-state index is 4.76. The van der Waals surface area contributed by atoms with Gasteiger partial charge >= 0.3 is 0 Å². The highest BCUT2D eigenvalue weighted by atomic mass is 15.3. The standard InChI is InChI=1S/C23H32N6/c1-4-6-13-24-23(25-14-15-29-17-26-28-22(29)5-2)27-18(3)20-12-11-19-9-7-8-10-21(19)16-20/h7-12,16-18H,4-6,13-15H2,1-3H3,(H2,24,25,27). The van der Waals surface area contributed by atoms with Gasteiger partial charge in [-0.1, -0.05) is 56.7 Å². The molecule has 2 aromatic carbocycles. The number of benzene rings is 2. The largest absolute Gasteiger partial charge is 0.355 e. The minimum Gasteiger partial charge on any atom is -0.355 e. The molecule has 0 saturated heterocycles. The number of unbranched alkanes of at least 4 members (excludes halogenated alkanes) is 1. The molecule has 1 atom stereocenters. The minimum atomic E-state index is 0.161. The van der Waals surface area contributed by atoms with Gasteiger partial charge in [-0.15, -0.1) is 10.2 Å². The van der Waals surface area contributed by atoms with E-state index in [1.165, 1.54) is 16.3 Å². The molecule has 0 saturated carbocycles. The summed E-state index contributed by atoms with van der Waals surface area (Å²) in [5, 5.41) is 17.7. The maximum Gasteiger partial charge on any atom is 0.191 e. The summed E-state index contributed by atoms with van der Waals surface area (Å²) in [6.07, 6.45) is 4.90. The first kappa shape index (κ1) is 20.8. The van der Waals surface area contributed by atoms with E-state index in [1.54, 1.807) is 6.33 Å². The zero-order valence-electron chi connectivity index (χ0n) is 17.7. The molecule has 0 radical (unpaired) electrons. The van der Waals surface area contributed by atoms with Crippen LogP contribution in [0.2, 0.25) is 0 Å². The number of nitrogens with one attached hydrogen (secondary N) is 2. The van der Waals surface area contributed by atoms with Crippen LogP contribution >= 0.6 is 0 Å². The van der Waals surface area contributed by atoms with Gasteiger partial charge in [-0.25, -0.2) is 0 Å². The number of aryl methyl sites for hydroxylation is 1.